The monoisotopic (exact) mass is 568 g/mol. The lowest BCUT2D eigenvalue weighted by molar-refractivity contribution is 0.275. The second-order valence-corrected chi connectivity index (χ2v) is 10.9. The van der Waals surface area contributed by atoms with Gasteiger partial charge in [-0.1, -0.05) is 127 Å². The van der Waals surface area contributed by atoms with E-state index in [0.29, 0.717) is 17.5 Å². The molecule has 0 aliphatic carbocycles. The van der Waals surface area contributed by atoms with E-state index in [4.69, 9.17) is 19.7 Å². The van der Waals surface area contributed by atoms with Crippen LogP contribution in [0.25, 0.3) is 67.2 Å². The first-order chi connectivity index (χ1) is 21.7. The van der Waals surface area contributed by atoms with Gasteiger partial charge in [0.05, 0.1) is 5.69 Å². The molecule has 7 aromatic rings. The Morgan fingerprint density at radius 3 is 1.73 bits per heavy atom. The van der Waals surface area contributed by atoms with Crippen LogP contribution in [-0.2, 0) is 0 Å². The fourth-order valence-electron chi connectivity index (χ4n) is 5.90. The third-order valence-corrected chi connectivity index (χ3v) is 8.01. The molecule has 5 heteroatoms. The van der Waals surface area contributed by atoms with Crippen molar-refractivity contribution in [3.8, 4) is 62.2 Å². The maximum atomic E-state index is 5.90. The van der Waals surface area contributed by atoms with Gasteiger partial charge in [-0.3, -0.25) is 0 Å². The van der Waals surface area contributed by atoms with Crippen LogP contribution < -0.4 is 10.1 Å². The fraction of sp³-hybridized carbons (Fsp3) is 0.0513. The maximum Gasteiger partial charge on any atom is 0.167 e. The van der Waals surface area contributed by atoms with E-state index in [9.17, 15) is 0 Å². The van der Waals surface area contributed by atoms with Crippen molar-refractivity contribution in [2.75, 3.05) is 5.32 Å². The average molecular weight is 569 g/mol. The van der Waals surface area contributed by atoms with Crippen LogP contribution in [0.1, 0.15) is 6.92 Å². The minimum absolute atomic E-state index is 0.0417. The molecule has 0 bridgehead atoms. The SMILES string of the molecule is CC1Nc2cc(-c3c(-c4ccc(-c5nc(-c6ccccc6)nc(-c6ccccc6)n5)cc4)ccc4ccccc34)ccc2O1. The Balaban J connectivity index is 1.24. The van der Waals surface area contributed by atoms with Gasteiger partial charge in [0.1, 0.15) is 5.75 Å². The molecule has 1 atom stereocenters. The Bertz CT molecular complexity index is 2070. The van der Waals surface area contributed by atoms with Gasteiger partial charge in [-0.2, -0.15) is 0 Å². The summed E-state index contributed by atoms with van der Waals surface area (Å²) in [5, 5.41) is 5.84. The van der Waals surface area contributed by atoms with E-state index in [2.05, 4.69) is 84.2 Å². The number of nitrogens with one attached hydrogen (secondary N) is 1. The van der Waals surface area contributed by atoms with E-state index in [0.717, 1.165) is 44.8 Å². The molecule has 0 saturated heterocycles. The average Bonchev–Trinajstić information content (AvgIpc) is 3.47. The third kappa shape index (κ3) is 4.74. The van der Waals surface area contributed by atoms with E-state index in [-0.39, 0.29) is 6.23 Å². The van der Waals surface area contributed by atoms with Crippen LogP contribution >= 0.6 is 0 Å². The Morgan fingerprint density at radius 1 is 0.523 bits per heavy atom. The summed E-state index contributed by atoms with van der Waals surface area (Å²) in [5.74, 6) is 2.83. The number of hydrogen-bond donors (Lipinski definition) is 1. The lowest BCUT2D eigenvalue weighted by Crippen LogP contribution is -2.13. The number of aromatic nitrogens is 3. The van der Waals surface area contributed by atoms with Gasteiger partial charge >= 0.3 is 0 Å². The number of hydrogen-bond acceptors (Lipinski definition) is 5. The van der Waals surface area contributed by atoms with Crippen molar-refractivity contribution in [3.63, 3.8) is 0 Å². The zero-order chi connectivity index (χ0) is 29.5. The van der Waals surface area contributed by atoms with E-state index < -0.39 is 0 Å². The van der Waals surface area contributed by atoms with Crippen LogP contribution in [0.3, 0.4) is 0 Å². The van der Waals surface area contributed by atoms with Crippen molar-refractivity contribution >= 4 is 16.5 Å². The largest absolute Gasteiger partial charge is 0.469 e. The molecular weight excluding hydrogens is 540 g/mol. The van der Waals surface area contributed by atoms with Gasteiger partial charge in [0.2, 0.25) is 0 Å². The van der Waals surface area contributed by atoms with E-state index in [1.54, 1.807) is 0 Å². The van der Waals surface area contributed by atoms with Crippen LogP contribution in [0, 0.1) is 0 Å². The quantitative estimate of drug-likeness (QED) is 0.224. The molecule has 1 unspecified atom stereocenters. The molecule has 1 N–H and O–H groups in total. The van der Waals surface area contributed by atoms with Crippen molar-refractivity contribution in [2.45, 2.75) is 13.2 Å². The minimum atomic E-state index is -0.0417. The van der Waals surface area contributed by atoms with Crippen LogP contribution in [0.4, 0.5) is 5.69 Å². The maximum absolute atomic E-state index is 5.90. The van der Waals surface area contributed by atoms with Crippen LogP contribution in [-0.4, -0.2) is 21.2 Å². The molecule has 210 valence electrons. The molecule has 44 heavy (non-hydrogen) atoms. The Kier molecular flexibility index (Phi) is 6.34. The number of fused-ring (bicyclic) bond motifs is 2. The van der Waals surface area contributed by atoms with Crippen molar-refractivity contribution in [1.82, 2.24) is 15.0 Å². The minimum Gasteiger partial charge on any atom is -0.469 e. The third-order valence-electron chi connectivity index (χ3n) is 8.01. The predicted molar refractivity (Wildman–Crippen MR) is 178 cm³/mol. The predicted octanol–water partition coefficient (Wildman–Crippen LogP) is 9.51. The van der Waals surface area contributed by atoms with Crippen LogP contribution in [0.15, 0.2) is 140 Å². The van der Waals surface area contributed by atoms with Gasteiger partial charge in [-0.15, -0.1) is 0 Å². The van der Waals surface area contributed by atoms with Gasteiger partial charge in [-0.05, 0) is 52.1 Å². The van der Waals surface area contributed by atoms with Gasteiger partial charge in [0.15, 0.2) is 23.7 Å². The highest BCUT2D eigenvalue weighted by molar-refractivity contribution is 6.04. The summed E-state index contributed by atoms with van der Waals surface area (Å²) in [4.78, 5) is 14.6. The zero-order valence-electron chi connectivity index (χ0n) is 24.1. The smallest absolute Gasteiger partial charge is 0.167 e. The molecule has 6 aromatic carbocycles. The molecule has 1 aromatic heterocycles. The summed E-state index contributed by atoms with van der Waals surface area (Å²) >= 11 is 0. The van der Waals surface area contributed by atoms with E-state index in [1.165, 1.54) is 16.3 Å². The molecule has 1 aliphatic rings. The van der Waals surface area contributed by atoms with Gasteiger partial charge in [0.25, 0.3) is 0 Å². The molecule has 0 spiro atoms. The first-order valence-electron chi connectivity index (χ1n) is 14.8. The first kappa shape index (κ1) is 25.9. The normalized spacial score (nSPS) is 13.7. The molecule has 1 aliphatic heterocycles. The Labute approximate surface area is 255 Å². The first-order valence-corrected chi connectivity index (χ1v) is 14.8. The van der Waals surface area contributed by atoms with Crippen molar-refractivity contribution in [3.05, 3.63) is 140 Å². The summed E-state index contributed by atoms with van der Waals surface area (Å²) in [7, 11) is 0. The summed E-state index contributed by atoms with van der Waals surface area (Å²) in [6.07, 6.45) is -0.0417. The van der Waals surface area contributed by atoms with Gasteiger partial charge < -0.3 is 10.1 Å². The van der Waals surface area contributed by atoms with Crippen molar-refractivity contribution < 1.29 is 4.74 Å². The number of benzene rings is 6. The molecule has 0 radical (unpaired) electrons. The topological polar surface area (TPSA) is 59.9 Å². The molecule has 0 fully saturated rings. The molecular formula is C39H28N4O. The van der Waals surface area contributed by atoms with E-state index >= 15 is 0 Å². The molecule has 8 rings (SSSR count). The summed E-state index contributed by atoms with van der Waals surface area (Å²) in [6.45, 7) is 2.02. The lowest BCUT2D eigenvalue weighted by Gasteiger charge is -2.15. The Morgan fingerprint density at radius 2 is 1.07 bits per heavy atom. The molecule has 2 heterocycles. The van der Waals surface area contributed by atoms with Crippen LogP contribution in [0.5, 0.6) is 5.75 Å². The zero-order valence-corrected chi connectivity index (χ0v) is 24.1. The summed E-state index contributed by atoms with van der Waals surface area (Å²) < 4.78 is 5.90. The fourth-order valence-corrected chi connectivity index (χ4v) is 5.90. The summed E-state index contributed by atoms with van der Waals surface area (Å²) in [5.41, 5.74) is 8.47. The highest BCUT2D eigenvalue weighted by Gasteiger charge is 2.20. The van der Waals surface area contributed by atoms with Gasteiger partial charge in [0, 0.05) is 16.7 Å². The van der Waals surface area contributed by atoms with Gasteiger partial charge in [-0.25, -0.2) is 15.0 Å². The van der Waals surface area contributed by atoms with Crippen molar-refractivity contribution in [2.24, 2.45) is 0 Å². The molecule has 5 nitrogen and oxygen atoms in total. The molecule has 0 amide bonds. The molecule has 0 saturated carbocycles. The second-order valence-electron chi connectivity index (χ2n) is 10.9. The Hall–Kier alpha value is -5.81. The number of nitrogens with zero attached hydrogens (tertiary/aromatic N) is 3. The van der Waals surface area contributed by atoms with E-state index in [1.807, 2.05) is 67.6 Å². The summed E-state index contributed by atoms with van der Waals surface area (Å²) in [6, 6.07) is 48.0. The van der Waals surface area contributed by atoms with Crippen molar-refractivity contribution in [1.29, 1.82) is 0 Å². The second kappa shape index (κ2) is 10.8. The lowest BCUT2D eigenvalue weighted by atomic mass is 9.89. The standard InChI is InChI=1S/C39H28N4O/c1-25-40-34-24-31(21-23-35(34)44-25)36-32-15-9-8-10-26(32)20-22-33(36)27-16-18-30(19-17-27)39-42-37(28-11-4-2-5-12-28)41-38(43-39)29-13-6-3-7-14-29/h2-25,40H,1H3. The number of rotatable bonds is 5. The highest BCUT2D eigenvalue weighted by atomic mass is 16.5. The van der Waals surface area contributed by atoms with Crippen LogP contribution in [0.2, 0.25) is 0 Å². The number of ether oxygens (including phenoxy) is 1. The number of anilines is 1. The highest BCUT2D eigenvalue weighted by Crippen LogP contribution is 2.42.